The van der Waals surface area contributed by atoms with Crippen molar-refractivity contribution in [1.82, 2.24) is 0 Å². The molecule has 0 bridgehead atoms. The second-order valence-corrected chi connectivity index (χ2v) is 6.52. The predicted molar refractivity (Wildman–Crippen MR) is 93.4 cm³/mol. The van der Waals surface area contributed by atoms with Gasteiger partial charge in [0.15, 0.2) is 11.3 Å². The number of rotatable bonds is 4. The Bertz CT molecular complexity index is 818. The second-order valence-electron chi connectivity index (χ2n) is 5.42. The molecule has 1 aliphatic rings. The molecule has 0 aromatic carbocycles. The summed E-state index contributed by atoms with van der Waals surface area (Å²) in [7, 11) is 1.10. The van der Waals surface area contributed by atoms with E-state index in [-0.39, 0.29) is 17.2 Å². The fraction of sp³-hybridized carbons (Fsp3) is 0.412. The third-order valence-corrected chi connectivity index (χ3v) is 5.04. The zero-order chi connectivity index (χ0) is 19.3. The molecule has 0 radical (unpaired) electrons. The van der Waals surface area contributed by atoms with E-state index in [0.29, 0.717) is 6.42 Å². The van der Waals surface area contributed by atoms with Crippen LogP contribution in [0.15, 0.2) is 5.57 Å². The molecule has 1 aliphatic carbocycles. The molecule has 1 heterocycles. The molecule has 26 heavy (non-hydrogen) atoms. The Labute approximate surface area is 154 Å². The van der Waals surface area contributed by atoms with Crippen LogP contribution in [0, 0.1) is 11.3 Å². The smallest absolute Gasteiger partial charge is 0.397 e. The van der Waals surface area contributed by atoms with E-state index < -0.39 is 29.2 Å². The number of carbonyl (C=O) groups excluding carboxylic acids is 3. The van der Waals surface area contributed by atoms with Crippen LogP contribution < -0.4 is 5.32 Å². The highest BCUT2D eigenvalue weighted by molar-refractivity contribution is 7.16. The number of aliphatic hydroxyl groups excluding tert-OH is 1. The maximum atomic E-state index is 12.0. The minimum Gasteiger partial charge on any atom is -0.506 e. The largest absolute Gasteiger partial charge is 0.506 e. The summed E-state index contributed by atoms with van der Waals surface area (Å²) >= 11 is 1.21. The number of hydrogen-bond acceptors (Lipinski definition) is 8. The van der Waals surface area contributed by atoms with E-state index in [1.807, 2.05) is 0 Å². The molecule has 0 spiro atoms. The molecule has 0 saturated heterocycles. The molecule has 2 N–H and O–H groups in total. The average Bonchev–Trinajstić information content (AvgIpc) is 2.99. The van der Waals surface area contributed by atoms with Gasteiger partial charge in [-0.15, -0.1) is 11.3 Å². The predicted octanol–water partition coefficient (Wildman–Crippen LogP) is 2.09. The van der Waals surface area contributed by atoms with Crippen molar-refractivity contribution in [2.24, 2.45) is 0 Å². The molecule has 1 amide bonds. The lowest BCUT2D eigenvalue weighted by Gasteiger charge is -2.13. The van der Waals surface area contributed by atoms with Gasteiger partial charge in [-0.2, -0.15) is 5.26 Å². The van der Waals surface area contributed by atoms with E-state index in [9.17, 15) is 24.8 Å². The number of nitriles is 1. The van der Waals surface area contributed by atoms with Gasteiger partial charge in [-0.1, -0.05) is 0 Å². The molecule has 0 aliphatic heterocycles. The Morgan fingerprint density at radius 1 is 1.27 bits per heavy atom. The molecular weight excluding hydrogens is 360 g/mol. The van der Waals surface area contributed by atoms with Crippen molar-refractivity contribution in [2.45, 2.75) is 32.6 Å². The Balaban J connectivity index is 2.53. The first kappa shape index (κ1) is 19.5. The highest BCUT2D eigenvalue weighted by Crippen LogP contribution is 2.42. The maximum absolute atomic E-state index is 12.0. The van der Waals surface area contributed by atoms with Crippen molar-refractivity contribution in [2.75, 3.05) is 19.0 Å². The lowest BCUT2D eigenvalue weighted by molar-refractivity contribution is -0.152. The number of nitrogens with zero attached hydrogens (tertiary/aromatic N) is 1. The summed E-state index contributed by atoms with van der Waals surface area (Å²) < 4.78 is 9.18. The number of thiophene rings is 1. The summed E-state index contributed by atoms with van der Waals surface area (Å²) in [4.78, 5) is 36.3. The Hall–Kier alpha value is -2.86. The lowest BCUT2D eigenvalue weighted by atomic mass is 9.93. The summed E-state index contributed by atoms with van der Waals surface area (Å²) in [5, 5.41) is 22.4. The van der Waals surface area contributed by atoms with E-state index in [1.54, 1.807) is 13.0 Å². The van der Waals surface area contributed by atoms with Crippen molar-refractivity contribution in [1.29, 1.82) is 5.26 Å². The zero-order valence-electron chi connectivity index (χ0n) is 14.4. The van der Waals surface area contributed by atoms with E-state index >= 15 is 0 Å². The molecule has 0 fully saturated rings. The first-order valence-electron chi connectivity index (χ1n) is 7.99. The Morgan fingerprint density at radius 3 is 2.58 bits per heavy atom. The fourth-order valence-corrected chi connectivity index (χ4v) is 3.96. The maximum Gasteiger partial charge on any atom is 0.397 e. The fourth-order valence-electron chi connectivity index (χ4n) is 2.68. The van der Waals surface area contributed by atoms with Gasteiger partial charge in [0.1, 0.15) is 11.1 Å². The van der Waals surface area contributed by atoms with Gasteiger partial charge < -0.3 is 19.9 Å². The normalized spacial score (nSPS) is 13.7. The van der Waals surface area contributed by atoms with E-state index in [4.69, 9.17) is 0 Å². The molecule has 2 rings (SSSR count). The number of aryl methyl sites for hydroxylation is 1. The van der Waals surface area contributed by atoms with Crippen molar-refractivity contribution < 1.29 is 29.0 Å². The van der Waals surface area contributed by atoms with Crippen LogP contribution in [0.5, 0.6) is 0 Å². The third kappa shape index (κ3) is 3.86. The van der Waals surface area contributed by atoms with Crippen LogP contribution in [-0.2, 0) is 36.7 Å². The summed E-state index contributed by atoms with van der Waals surface area (Å²) in [6.45, 7) is 1.62. The summed E-state index contributed by atoms with van der Waals surface area (Å²) in [6, 6.07) is 1.63. The zero-order valence-corrected chi connectivity index (χ0v) is 15.2. The van der Waals surface area contributed by atoms with Gasteiger partial charge in [0.05, 0.1) is 19.3 Å². The number of hydrogen-bond donors (Lipinski definition) is 2. The SMILES string of the molecule is CCOC(=O)C(=O)Nc1sc2c(c1/C(O)=C(\C#N)C(=O)OC)CCCC2. The van der Waals surface area contributed by atoms with Crippen LogP contribution in [0.1, 0.15) is 35.8 Å². The highest BCUT2D eigenvalue weighted by Gasteiger charge is 2.29. The number of carbonyl (C=O) groups is 3. The first-order chi connectivity index (χ1) is 12.4. The minimum atomic E-state index is -1.05. The molecule has 0 saturated carbocycles. The van der Waals surface area contributed by atoms with E-state index in [0.717, 1.165) is 36.8 Å². The van der Waals surface area contributed by atoms with Crippen LogP contribution in [0.3, 0.4) is 0 Å². The topological polar surface area (TPSA) is 126 Å². The van der Waals surface area contributed by atoms with Crippen LogP contribution in [0.25, 0.3) is 5.76 Å². The molecular formula is C17H18N2O6S. The molecule has 138 valence electrons. The number of nitrogens with one attached hydrogen (secondary N) is 1. The standard InChI is InChI=1S/C17H18N2O6S/c1-3-25-17(23)14(21)19-15-12(9-6-4-5-7-11(9)26-15)13(20)10(8-18)16(22)24-2/h20H,3-7H2,1-2H3,(H,19,21)/b13-10-. The van der Waals surface area contributed by atoms with Crippen LogP contribution in [0.4, 0.5) is 5.00 Å². The first-order valence-corrected chi connectivity index (χ1v) is 8.80. The van der Waals surface area contributed by atoms with Crippen molar-refractivity contribution >= 4 is 39.9 Å². The van der Waals surface area contributed by atoms with Crippen molar-refractivity contribution in [3.63, 3.8) is 0 Å². The number of esters is 2. The number of anilines is 1. The minimum absolute atomic E-state index is 0.0477. The second kappa shape index (κ2) is 8.49. The quantitative estimate of drug-likeness (QED) is 0.270. The number of aliphatic hydroxyl groups is 1. The molecule has 9 heteroatoms. The van der Waals surface area contributed by atoms with Gasteiger partial charge in [0, 0.05) is 4.88 Å². The van der Waals surface area contributed by atoms with E-state index in [1.165, 1.54) is 11.3 Å². The van der Waals surface area contributed by atoms with Crippen molar-refractivity contribution in [3.05, 3.63) is 21.6 Å². The van der Waals surface area contributed by atoms with Crippen LogP contribution >= 0.6 is 11.3 Å². The molecule has 0 unspecified atom stereocenters. The number of amides is 1. The van der Waals surface area contributed by atoms with Crippen LogP contribution in [-0.4, -0.2) is 36.7 Å². The van der Waals surface area contributed by atoms with E-state index in [2.05, 4.69) is 14.8 Å². The number of methoxy groups -OCH3 is 1. The van der Waals surface area contributed by atoms with Crippen molar-refractivity contribution in [3.8, 4) is 6.07 Å². The highest BCUT2D eigenvalue weighted by atomic mass is 32.1. The molecule has 1 aromatic heterocycles. The average molecular weight is 378 g/mol. The van der Waals surface area contributed by atoms with Gasteiger partial charge in [-0.05, 0) is 38.2 Å². The third-order valence-electron chi connectivity index (χ3n) is 3.83. The Kier molecular flexibility index (Phi) is 6.36. The summed E-state index contributed by atoms with van der Waals surface area (Å²) in [5.74, 6) is -3.60. The molecule has 0 atom stereocenters. The van der Waals surface area contributed by atoms with Gasteiger partial charge in [0.25, 0.3) is 0 Å². The van der Waals surface area contributed by atoms with Gasteiger partial charge in [-0.3, -0.25) is 4.79 Å². The van der Waals surface area contributed by atoms with Gasteiger partial charge in [0.2, 0.25) is 0 Å². The molecule has 8 nitrogen and oxygen atoms in total. The van der Waals surface area contributed by atoms with Gasteiger partial charge >= 0.3 is 17.8 Å². The Morgan fingerprint density at radius 2 is 1.96 bits per heavy atom. The lowest BCUT2D eigenvalue weighted by Crippen LogP contribution is -2.25. The van der Waals surface area contributed by atoms with Gasteiger partial charge in [-0.25, -0.2) is 9.59 Å². The number of fused-ring (bicyclic) bond motifs is 1. The number of ether oxygens (including phenoxy) is 2. The van der Waals surface area contributed by atoms with Crippen LogP contribution in [0.2, 0.25) is 0 Å². The molecule has 1 aromatic rings. The summed E-state index contributed by atoms with van der Waals surface area (Å²) in [5.41, 5.74) is 0.379. The summed E-state index contributed by atoms with van der Waals surface area (Å²) in [6.07, 6.45) is 3.19. The monoisotopic (exact) mass is 378 g/mol.